The number of tetrazole rings is 1. The topological polar surface area (TPSA) is 88.9 Å². The lowest BCUT2D eigenvalue weighted by atomic mass is 9.99. The first-order valence-corrected chi connectivity index (χ1v) is 14.3. The Kier molecular flexibility index (Phi) is 7.65. The van der Waals surface area contributed by atoms with Gasteiger partial charge in [0.2, 0.25) is 0 Å². The summed E-state index contributed by atoms with van der Waals surface area (Å²) < 4.78 is 7.39. The van der Waals surface area contributed by atoms with E-state index in [1.807, 2.05) is 48.0 Å². The lowest BCUT2D eigenvalue weighted by Crippen LogP contribution is -2.35. The van der Waals surface area contributed by atoms with Crippen molar-refractivity contribution in [3.05, 3.63) is 117 Å². The number of ether oxygens (including phenoxy) is 1. The van der Waals surface area contributed by atoms with Crippen LogP contribution in [0.4, 0.5) is 0 Å². The van der Waals surface area contributed by atoms with E-state index in [-0.39, 0.29) is 11.6 Å². The highest BCUT2D eigenvalue weighted by Crippen LogP contribution is 2.35. The minimum absolute atomic E-state index is 0.122. The van der Waals surface area contributed by atoms with Gasteiger partial charge in [-0.15, -0.1) is 5.10 Å². The van der Waals surface area contributed by atoms with E-state index in [4.69, 9.17) is 4.74 Å². The molecule has 0 bridgehead atoms. The molecule has 1 aliphatic carbocycles. The third-order valence-electron chi connectivity index (χ3n) is 8.19. The van der Waals surface area contributed by atoms with Gasteiger partial charge in [-0.05, 0) is 83.5 Å². The van der Waals surface area contributed by atoms with E-state index in [0.29, 0.717) is 24.5 Å². The van der Waals surface area contributed by atoms with Gasteiger partial charge in [0.25, 0.3) is 5.56 Å². The molecule has 2 aromatic heterocycles. The van der Waals surface area contributed by atoms with E-state index in [2.05, 4.69) is 68.7 Å². The minimum Gasteiger partial charge on any atom is -0.497 e. The second-order valence-corrected chi connectivity index (χ2v) is 11.2. The van der Waals surface area contributed by atoms with Crippen LogP contribution in [0.15, 0.2) is 77.6 Å². The normalized spacial score (nSPS) is 14.6. The lowest BCUT2D eigenvalue weighted by Gasteiger charge is -2.32. The van der Waals surface area contributed by atoms with E-state index in [1.165, 1.54) is 0 Å². The largest absolute Gasteiger partial charge is 0.497 e. The van der Waals surface area contributed by atoms with Gasteiger partial charge in [0, 0.05) is 18.7 Å². The Bertz CT molecular complexity index is 1690. The van der Waals surface area contributed by atoms with Crippen molar-refractivity contribution in [3.63, 3.8) is 0 Å². The zero-order chi connectivity index (χ0) is 28.3. The number of methoxy groups -OCH3 is 1. The molecule has 1 atom stereocenters. The molecule has 0 spiro atoms. The van der Waals surface area contributed by atoms with Crippen LogP contribution in [0.3, 0.4) is 0 Å². The fourth-order valence-corrected chi connectivity index (χ4v) is 6.22. The number of nitrogens with one attached hydrogen (secondary N) is 1. The first-order valence-electron chi connectivity index (χ1n) is 14.3. The van der Waals surface area contributed by atoms with Gasteiger partial charge in [-0.1, -0.05) is 66.9 Å². The fraction of sp³-hybridized carbons (Fsp3) is 0.333. The highest BCUT2D eigenvalue weighted by atomic mass is 16.5. The number of aryl methyl sites for hydroxylation is 2. The number of hydrogen-bond donors (Lipinski definition) is 1. The zero-order valence-electron chi connectivity index (χ0n) is 23.9. The molecule has 1 saturated carbocycles. The highest BCUT2D eigenvalue weighted by molar-refractivity contribution is 5.83. The predicted molar refractivity (Wildman–Crippen MR) is 160 cm³/mol. The SMILES string of the molecule is COc1ccc(CN(Cc2ccccc2)[C@@H](c2cc3cc(C)cc(C)c3[nH]c2=O)c2nnnn2C2CCCC2)cc1. The molecule has 0 radical (unpaired) electrons. The molecular weight excluding hydrogens is 512 g/mol. The molecule has 41 heavy (non-hydrogen) atoms. The quantitative estimate of drug-likeness (QED) is 0.241. The number of fused-ring (bicyclic) bond motifs is 1. The summed E-state index contributed by atoms with van der Waals surface area (Å²) in [5, 5.41) is 14.3. The van der Waals surface area contributed by atoms with Crippen molar-refractivity contribution in [2.45, 2.75) is 64.7 Å². The fourth-order valence-electron chi connectivity index (χ4n) is 6.22. The molecule has 0 aliphatic heterocycles. The third-order valence-corrected chi connectivity index (χ3v) is 8.19. The van der Waals surface area contributed by atoms with Crippen LogP contribution in [0.25, 0.3) is 10.9 Å². The zero-order valence-corrected chi connectivity index (χ0v) is 23.9. The summed E-state index contributed by atoms with van der Waals surface area (Å²) in [7, 11) is 1.67. The van der Waals surface area contributed by atoms with E-state index in [9.17, 15) is 4.79 Å². The maximum absolute atomic E-state index is 14.0. The maximum Gasteiger partial charge on any atom is 0.253 e. The third kappa shape index (κ3) is 5.65. The summed E-state index contributed by atoms with van der Waals surface area (Å²) in [6.07, 6.45) is 4.38. The van der Waals surface area contributed by atoms with Gasteiger partial charge in [0.15, 0.2) is 5.82 Å². The van der Waals surface area contributed by atoms with Crippen LogP contribution in [0.1, 0.15) is 71.4 Å². The summed E-state index contributed by atoms with van der Waals surface area (Å²) in [5.74, 6) is 1.51. The molecule has 3 aromatic carbocycles. The lowest BCUT2D eigenvalue weighted by molar-refractivity contribution is 0.190. The van der Waals surface area contributed by atoms with E-state index in [0.717, 1.165) is 64.6 Å². The first kappa shape index (κ1) is 26.9. The van der Waals surface area contributed by atoms with Crippen molar-refractivity contribution >= 4 is 10.9 Å². The molecule has 0 unspecified atom stereocenters. The number of rotatable bonds is 9. The van der Waals surface area contributed by atoms with Crippen molar-refractivity contribution in [1.29, 1.82) is 0 Å². The second-order valence-electron chi connectivity index (χ2n) is 11.2. The summed E-state index contributed by atoms with van der Waals surface area (Å²) in [4.78, 5) is 19.5. The van der Waals surface area contributed by atoms with Gasteiger partial charge >= 0.3 is 0 Å². The molecule has 210 valence electrons. The molecule has 1 fully saturated rings. The van der Waals surface area contributed by atoms with Crippen LogP contribution in [0, 0.1) is 13.8 Å². The number of aromatic amines is 1. The van der Waals surface area contributed by atoms with Gasteiger partial charge in [0.1, 0.15) is 11.8 Å². The average Bonchev–Trinajstić information content (AvgIpc) is 3.68. The number of nitrogens with zero attached hydrogens (tertiary/aromatic N) is 5. The van der Waals surface area contributed by atoms with Crippen LogP contribution in [0.5, 0.6) is 5.75 Å². The smallest absolute Gasteiger partial charge is 0.253 e. The van der Waals surface area contributed by atoms with Crippen molar-refractivity contribution in [2.24, 2.45) is 0 Å². The van der Waals surface area contributed by atoms with Crippen LogP contribution in [-0.4, -0.2) is 37.2 Å². The van der Waals surface area contributed by atoms with Crippen molar-refractivity contribution < 1.29 is 4.74 Å². The monoisotopic (exact) mass is 548 g/mol. The van der Waals surface area contributed by atoms with E-state index in [1.54, 1.807) is 7.11 Å². The van der Waals surface area contributed by atoms with Crippen LogP contribution in [-0.2, 0) is 13.1 Å². The molecule has 0 saturated heterocycles. The van der Waals surface area contributed by atoms with Gasteiger partial charge in [-0.25, -0.2) is 4.68 Å². The number of H-pyrrole nitrogens is 1. The second kappa shape index (κ2) is 11.7. The molecule has 6 rings (SSSR count). The highest BCUT2D eigenvalue weighted by Gasteiger charge is 2.33. The molecule has 8 heteroatoms. The molecule has 1 N–H and O–H groups in total. The Balaban J connectivity index is 1.54. The number of aromatic nitrogens is 5. The van der Waals surface area contributed by atoms with E-state index < -0.39 is 6.04 Å². The first-order chi connectivity index (χ1) is 20.0. The maximum atomic E-state index is 14.0. The summed E-state index contributed by atoms with van der Waals surface area (Å²) in [6.45, 7) is 5.32. The summed E-state index contributed by atoms with van der Waals surface area (Å²) >= 11 is 0. The molecule has 8 nitrogen and oxygen atoms in total. The van der Waals surface area contributed by atoms with Crippen LogP contribution in [0.2, 0.25) is 0 Å². The molecule has 2 heterocycles. The number of pyridine rings is 1. The summed E-state index contributed by atoms with van der Waals surface area (Å²) in [6, 6.07) is 24.5. The van der Waals surface area contributed by atoms with Crippen molar-refractivity contribution in [2.75, 3.05) is 7.11 Å². The van der Waals surface area contributed by atoms with Gasteiger partial charge in [-0.3, -0.25) is 9.69 Å². The Hall–Kier alpha value is -4.30. The Morgan fingerprint density at radius 3 is 2.39 bits per heavy atom. The predicted octanol–water partition coefficient (Wildman–Crippen LogP) is 6.05. The van der Waals surface area contributed by atoms with Gasteiger partial charge < -0.3 is 9.72 Å². The Morgan fingerprint density at radius 1 is 0.976 bits per heavy atom. The van der Waals surface area contributed by atoms with Crippen molar-refractivity contribution in [3.8, 4) is 5.75 Å². The molecule has 1 aliphatic rings. The Labute approximate surface area is 240 Å². The van der Waals surface area contributed by atoms with Crippen molar-refractivity contribution in [1.82, 2.24) is 30.1 Å². The van der Waals surface area contributed by atoms with E-state index >= 15 is 0 Å². The molecular formula is C33H36N6O2. The summed E-state index contributed by atoms with van der Waals surface area (Å²) in [5.41, 5.74) is 5.84. The van der Waals surface area contributed by atoms with Crippen LogP contribution >= 0.6 is 0 Å². The van der Waals surface area contributed by atoms with Gasteiger partial charge in [-0.2, -0.15) is 0 Å². The molecule has 0 amide bonds. The number of benzene rings is 3. The van der Waals surface area contributed by atoms with Gasteiger partial charge in [0.05, 0.1) is 18.7 Å². The Morgan fingerprint density at radius 2 is 1.68 bits per heavy atom. The molecule has 5 aromatic rings. The average molecular weight is 549 g/mol. The standard InChI is InChI=1S/C33H36N6O2/c1-22-17-23(2)30-26(18-22)19-29(33(40)34-30)31(32-35-36-37-39(32)27-11-7-8-12-27)38(20-24-9-5-4-6-10-24)21-25-13-15-28(41-3)16-14-25/h4-6,9-10,13-19,27,31H,7-8,11-12,20-21H2,1-3H3,(H,34,40)/t31-/m0/s1. The minimum atomic E-state index is -0.470. The number of hydrogen-bond acceptors (Lipinski definition) is 6. The van der Waals surface area contributed by atoms with Crippen LogP contribution < -0.4 is 10.3 Å².